The molecule has 1 aromatic carbocycles. The number of rotatable bonds is 15. The van der Waals surface area contributed by atoms with E-state index in [4.69, 9.17) is 9.72 Å². The van der Waals surface area contributed by atoms with E-state index < -0.39 is 23.7 Å². The molecule has 8 nitrogen and oxygen atoms in total. The topological polar surface area (TPSA) is 104 Å². The van der Waals surface area contributed by atoms with Crippen LogP contribution in [-0.4, -0.2) is 71.3 Å². The molecular weight excluding hydrogens is 487 g/mol. The summed E-state index contributed by atoms with van der Waals surface area (Å²) >= 11 is 0. The maximum atomic E-state index is 14.0. The summed E-state index contributed by atoms with van der Waals surface area (Å²) in [6.07, 6.45) is 7.35. The lowest BCUT2D eigenvalue weighted by molar-refractivity contribution is -0.139. The molecule has 1 aliphatic carbocycles. The van der Waals surface area contributed by atoms with Crippen molar-refractivity contribution < 1.29 is 23.8 Å². The Balaban J connectivity index is 1.28. The largest absolute Gasteiger partial charge is 0.480 e. The van der Waals surface area contributed by atoms with Gasteiger partial charge in [-0.1, -0.05) is 18.2 Å². The molecule has 2 aliphatic rings. The summed E-state index contributed by atoms with van der Waals surface area (Å²) in [5.74, 6) is -1.52. The molecule has 1 fully saturated rings. The van der Waals surface area contributed by atoms with Crippen LogP contribution in [0.3, 0.4) is 0 Å². The number of pyridine rings is 1. The average molecular weight is 527 g/mol. The molecule has 3 N–H and O–H groups in total. The Morgan fingerprint density at radius 3 is 2.76 bits per heavy atom. The van der Waals surface area contributed by atoms with Gasteiger partial charge in [-0.15, -0.1) is 0 Å². The van der Waals surface area contributed by atoms with Gasteiger partial charge in [0.05, 0.1) is 17.8 Å². The lowest BCUT2D eigenvalue weighted by atomic mass is 10.1. The summed E-state index contributed by atoms with van der Waals surface area (Å²) in [5.41, 5.74) is 2.18. The van der Waals surface area contributed by atoms with Crippen LogP contribution < -0.4 is 10.6 Å². The Morgan fingerprint density at radius 2 is 2.00 bits per heavy atom. The van der Waals surface area contributed by atoms with E-state index in [1.54, 1.807) is 6.07 Å². The standard InChI is InChI=1S/C29H39FN4O4/c1-29(14-15-29)38-20-19-34(17-5-4-8-22-12-11-21-7-6-16-31-26(21)32-22)18-13-25(28(36)37)33-27(35)23-9-2-3-10-24(23)30/h2-3,9-12,25H,4-8,13-20H2,1H3,(H,31,32)(H,33,35)(H,36,37). The molecule has 0 radical (unpaired) electrons. The molecule has 1 aliphatic heterocycles. The zero-order valence-electron chi connectivity index (χ0n) is 22.2. The lowest BCUT2D eigenvalue weighted by Gasteiger charge is -2.25. The lowest BCUT2D eigenvalue weighted by Crippen LogP contribution is -2.44. The molecule has 2 heterocycles. The first-order chi connectivity index (χ1) is 18.3. The van der Waals surface area contributed by atoms with Crippen LogP contribution in [0.2, 0.25) is 0 Å². The number of benzene rings is 1. The second-order valence-electron chi connectivity index (χ2n) is 10.6. The Hall–Kier alpha value is -3.04. The maximum Gasteiger partial charge on any atom is 0.326 e. The molecule has 1 atom stereocenters. The van der Waals surface area contributed by atoms with E-state index in [1.165, 1.54) is 23.8 Å². The van der Waals surface area contributed by atoms with Gasteiger partial charge in [0.2, 0.25) is 0 Å². The van der Waals surface area contributed by atoms with Gasteiger partial charge in [-0.3, -0.25) is 4.79 Å². The number of hydrogen-bond donors (Lipinski definition) is 3. The normalized spacial score (nSPS) is 16.4. The zero-order valence-corrected chi connectivity index (χ0v) is 22.2. The minimum absolute atomic E-state index is 0.0187. The fraction of sp³-hybridized carbons (Fsp3) is 0.552. The van der Waals surface area contributed by atoms with Crippen LogP contribution >= 0.6 is 0 Å². The Morgan fingerprint density at radius 1 is 1.18 bits per heavy atom. The molecule has 2 aromatic rings. The number of nitrogens with one attached hydrogen (secondary N) is 2. The summed E-state index contributed by atoms with van der Waals surface area (Å²) < 4.78 is 20.0. The van der Waals surface area contributed by atoms with E-state index in [2.05, 4.69) is 34.6 Å². The van der Waals surface area contributed by atoms with Crippen molar-refractivity contribution in [2.45, 2.75) is 69.9 Å². The first-order valence-electron chi connectivity index (χ1n) is 13.7. The molecule has 1 saturated carbocycles. The van der Waals surface area contributed by atoms with Gasteiger partial charge < -0.3 is 25.4 Å². The second-order valence-corrected chi connectivity index (χ2v) is 10.6. The summed E-state index contributed by atoms with van der Waals surface area (Å²) in [5, 5.41) is 15.6. The number of anilines is 1. The summed E-state index contributed by atoms with van der Waals surface area (Å²) in [6, 6.07) is 8.74. The van der Waals surface area contributed by atoms with Gasteiger partial charge in [0.15, 0.2) is 0 Å². The number of aromatic nitrogens is 1. The van der Waals surface area contributed by atoms with Crippen LogP contribution in [0.4, 0.5) is 10.2 Å². The van der Waals surface area contributed by atoms with E-state index in [0.717, 1.165) is 69.5 Å². The molecule has 1 aromatic heterocycles. The number of aliphatic carboxylic acids is 1. The van der Waals surface area contributed by atoms with Crippen molar-refractivity contribution in [3.05, 3.63) is 59.0 Å². The van der Waals surface area contributed by atoms with Crippen LogP contribution in [0.25, 0.3) is 0 Å². The highest BCUT2D eigenvalue weighted by atomic mass is 19.1. The number of carbonyl (C=O) groups is 2. The number of carboxylic acid groups (broad SMARTS) is 1. The van der Waals surface area contributed by atoms with Gasteiger partial charge in [-0.25, -0.2) is 14.2 Å². The highest BCUT2D eigenvalue weighted by Gasteiger charge is 2.38. The monoisotopic (exact) mass is 526 g/mol. The van der Waals surface area contributed by atoms with E-state index in [-0.39, 0.29) is 17.6 Å². The molecule has 4 rings (SSSR count). The van der Waals surface area contributed by atoms with Crippen molar-refractivity contribution >= 4 is 17.7 Å². The molecule has 206 valence electrons. The molecule has 1 amide bonds. The molecule has 0 saturated heterocycles. The quantitative estimate of drug-likeness (QED) is 0.301. The van der Waals surface area contributed by atoms with Crippen molar-refractivity contribution in [2.75, 3.05) is 38.1 Å². The second kappa shape index (κ2) is 13.2. The number of ether oxygens (including phenoxy) is 1. The van der Waals surface area contributed by atoms with Crippen LogP contribution in [0.1, 0.15) is 67.1 Å². The van der Waals surface area contributed by atoms with Crippen molar-refractivity contribution in [3.63, 3.8) is 0 Å². The number of carbonyl (C=O) groups excluding carboxylic acids is 1. The SMILES string of the molecule is CC1(OCCN(CCCCc2ccc3c(n2)NCCC3)CCC(NC(=O)c2ccccc2F)C(=O)O)CC1. The average Bonchev–Trinajstić information content (AvgIpc) is 3.65. The maximum absolute atomic E-state index is 14.0. The van der Waals surface area contributed by atoms with E-state index in [9.17, 15) is 19.1 Å². The summed E-state index contributed by atoms with van der Waals surface area (Å²) in [7, 11) is 0. The number of nitrogens with zero attached hydrogens (tertiary/aromatic N) is 2. The van der Waals surface area contributed by atoms with Crippen molar-refractivity contribution in [1.82, 2.24) is 15.2 Å². The van der Waals surface area contributed by atoms with Crippen LogP contribution in [0.15, 0.2) is 36.4 Å². The van der Waals surface area contributed by atoms with Gasteiger partial charge in [-0.2, -0.15) is 0 Å². The first-order valence-corrected chi connectivity index (χ1v) is 13.7. The summed E-state index contributed by atoms with van der Waals surface area (Å²) in [4.78, 5) is 31.3. The number of amides is 1. The van der Waals surface area contributed by atoms with Crippen molar-refractivity contribution in [3.8, 4) is 0 Å². The predicted octanol–water partition coefficient (Wildman–Crippen LogP) is 4.05. The third-order valence-electron chi connectivity index (χ3n) is 7.38. The highest BCUT2D eigenvalue weighted by Crippen LogP contribution is 2.38. The number of halogens is 1. The van der Waals surface area contributed by atoms with Crippen molar-refractivity contribution in [1.29, 1.82) is 0 Å². The Labute approximate surface area is 224 Å². The van der Waals surface area contributed by atoms with Crippen LogP contribution in [-0.2, 0) is 22.4 Å². The molecule has 0 bridgehead atoms. The van der Waals surface area contributed by atoms with E-state index in [0.29, 0.717) is 19.7 Å². The zero-order chi connectivity index (χ0) is 27.0. The van der Waals surface area contributed by atoms with Crippen LogP contribution in [0.5, 0.6) is 0 Å². The Kier molecular flexibility index (Phi) is 9.69. The molecule has 0 spiro atoms. The van der Waals surface area contributed by atoms with Gasteiger partial charge in [-0.05, 0) is 88.6 Å². The van der Waals surface area contributed by atoms with Gasteiger partial charge in [0.25, 0.3) is 5.91 Å². The van der Waals surface area contributed by atoms with Gasteiger partial charge in [0, 0.05) is 25.3 Å². The predicted molar refractivity (Wildman–Crippen MR) is 144 cm³/mol. The molecule has 38 heavy (non-hydrogen) atoms. The third kappa shape index (κ3) is 8.23. The fourth-order valence-electron chi connectivity index (χ4n) is 4.68. The van der Waals surface area contributed by atoms with Crippen LogP contribution in [0, 0.1) is 5.82 Å². The minimum Gasteiger partial charge on any atom is -0.480 e. The summed E-state index contributed by atoms with van der Waals surface area (Å²) in [6.45, 7) is 5.61. The molecule has 1 unspecified atom stereocenters. The fourth-order valence-corrected chi connectivity index (χ4v) is 4.68. The highest BCUT2D eigenvalue weighted by molar-refractivity contribution is 5.96. The van der Waals surface area contributed by atoms with E-state index in [1.807, 2.05) is 0 Å². The molecule has 9 heteroatoms. The van der Waals surface area contributed by atoms with E-state index >= 15 is 0 Å². The van der Waals surface area contributed by atoms with Gasteiger partial charge in [0.1, 0.15) is 17.7 Å². The Bertz CT molecular complexity index is 1110. The number of unbranched alkanes of at least 4 members (excludes halogenated alkanes) is 1. The smallest absolute Gasteiger partial charge is 0.326 e. The minimum atomic E-state index is -1.14. The number of aryl methyl sites for hydroxylation is 2. The number of carboxylic acids is 1. The van der Waals surface area contributed by atoms with Gasteiger partial charge >= 0.3 is 5.97 Å². The number of hydrogen-bond acceptors (Lipinski definition) is 6. The van der Waals surface area contributed by atoms with Crippen molar-refractivity contribution in [2.24, 2.45) is 0 Å². The third-order valence-corrected chi connectivity index (χ3v) is 7.38. The molecular formula is C29H39FN4O4. The number of fused-ring (bicyclic) bond motifs is 1. The first kappa shape index (κ1) is 28.0.